The highest BCUT2D eigenvalue weighted by Crippen LogP contribution is 2.76. The van der Waals surface area contributed by atoms with E-state index in [1.54, 1.807) is 0 Å². The van der Waals surface area contributed by atoms with Crippen LogP contribution in [0.3, 0.4) is 0 Å². The highest BCUT2D eigenvalue weighted by atomic mass is 16.8. The van der Waals surface area contributed by atoms with E-state index in [4.69, 9.17) is 28.4 Å². The topological polar surface area (TPSA) is 275 Å². The molecule has 0 radical (unpaired) electrons. The Morgan fingerprint density at radius 2 is 1.36 bits per heavy atom. The van der Waals surface area contributed by atoms with E-state index in [-0.39, 0.29) is 45.0 Å². The summed E-state index contributed by atoms with van der Waals surface area (Å²) in [6.07, 6.45) is -8.32. The summed E-state index contributed by atoms with van der Waals surface area (Å²) in [7, 11) is 0. The number of carbonyl (C=O) groups excluding carboxylic acids is 1. The molecule has 64 heavy (non-hydrogen) atoms. The van der Waals surface area contributed by atoms with Crippen LogP contribution in [0.2, 0.25) is 0 Å². The van der Waals surface area contributed by atoms with Gasteiger partial charge in [-0.3, -0.25) is 4.79 Å². The lowest BCUT2D eigenvalue weighted by Crippen LogP contribution is -2.66. The van der Waals surface area contributed by atoms with Crippen molar-refractivity contribution in [1.29, 1.82) is 0 Å². The van der Waals surface area contributed by atoms with Crippen molar-refractivity contribution in [1.82, 2.24) is 0 Å². The minimum atomic E-state index is -2.04. The Morgan fingerprint density at radius 3 is 2.00 bits per heavy atom. The van der Waals surface area contributed by atoms with Crippen molar-refractivity contribution in [3.8, 4) is 0 Å². The van der Waals surface area contributed by atoms with Crippen molar-refractivity contribution in [2.24, 2.45) is 50.2 Å². The van der Waals surface area contributed by atoms with Gasteiger partial charge in [-0.15, -0.1) is 0 Å². The van der Waals surface area contributed by atoms with E-state index in [1.807, 2.05) is 0 Å². The van der Waals surface area contributed by atoms with E-state index in [0.29, 0.717) is 25.2 Å². The number of allylic oxidation sites excluding steroid dienone is 2. The molecule has 0 aromatic heterocycles. The molecule has 366 valence electrons. The van der Waals surface area contributed by atoms with Crippen LogP contribution in [-0.4, -0.2) is 169 Å². The quantitative estimate of drug-likeness (QED) is 0.0870. The van der Waals surface area contributed by atoms with Gasteiger partial charge >= 0.3 is 5.97 Å². The van der Waals surface area contributed by atoms with Gasteiger partial charge < -0.3 is 79.5 Å². The highest BCUT2D eigenvalue weighted by Gasteiger charge is 2.70. The molecule has 0 aromatic rings. The molecule has 21 atom stereocenters. The second-order valence-electron chi connectivity index (χ2n) is 23.2. The number of hydrogen-bond acceptors (Lipinski definition) is 17. The van der Waals surface area contributed by atoms with E-state index >= 15 is 4.79 Å². The normalized spacial score (nSPS) is 53.2. The fraction of sp³-hybridized carbons (Fsp3) is 0.936. The van der Waals surface area contributed by atoms with Gasteiger partial charge in [-0.2, -0.15) is 0 Å². The summed E-state index contributed by atoms with van der Waals surface area (Å²) in [5, 5.41) is 105. The van der Waals surface area contributed by atoms with Crippen LogP contribution in [0.1, 0.15) is 113 Å². The Hall–Kier alpha value is -1.39. The fourth-order valence-corrected chi connectivity index (χ4v) is 14.8. The number of esters is 1. The average Bonchev–Trinajstić information content (AvgIpc) is 3.53. The number of carbonyl (C=O) groups is 1. The first-order chi connectivity index (χ1) is 29.9. The number of fused-ring (bicyclic) bond motifs is 7. The molecule has 3 saturated heterocycles. The van der Waals surface area contributed by atoms with E-state index in [2.05, 4.69) is 54.5 Å². The van der Waals surface area contributed by atoms with Gasteiger partial charge in [-0.05, 0) is 109 Å². The molecule has 17 heteroatoms. The van der Waals surface area contributed by atoms with Gasteiger partial charge in [0, 0.05) is 0 Å². The molecule has 3 heterocycles. The Kier molecular flexibility index (Phi) is 13.0. The molecule has 0 bridgehead atoms. The zero-order chi connectivity index (χ0) is 46.7. The fourth-order valence-electron chi connectivity index (χ4n) is 14.8. The minimum Gasteiger partial charge on any atom is -0.432 e. The Labute approximate surface area is 376 Å². The van der Waals surface area contributed by atoms with Crippen LogP contribution in [0.4, 0.5) is 0 Å². The van der Waals surface area contributed by atoms with Crippen molar-refractivity contribution in [3.63, 3.8) is 0 Å². The van der Waals surface area contributed by atoms with Gasteiger partial charge in [0.2, 0.25) is 6.29 Å². The van der Waals surface area contributed by atoms with Crippen molar-refractivity contribution in [2.75, 3.05) is 26.4 Å². The van der Waals surface area contributed by atoms with Crippen LogP contribution < -0.4 is 0 Å². The standard InChI is InChI=1S/C47H76O17/c1-41(2)14-16-46(40(57)64-38-35(33(54)31(52)26(20-49)61-38)63-39-36(56)47(58,21-50)22-59-39)17-15-44(6)23(24(46)18-41)8-9-28-43(5)12-11-29(42(3,4)27(43)10-13-45(28,44)7)62-37-34(55)32(53)30(51)25(19-48)60-37/h8,24-39,48-56,58H,9-22H2,1-7H3/t24-,25+,26+,27-,28+,29-,30+,31+,32-,33-,34+,35+,36-,37-,38-,39-,43-,44+,45+,46-,47+/m0/s1. The lowest BCUT2D eigenvalue weighted by molar-refractivity contribution is -0.331. The summed E-state index contributed by atoms with van der Waals surface area (Å²) in [6.45, 7) is 13.6. The van der Waals surface area contributed by atoms with Gasteiger partial charge in [0.25, 0.3) is 0 Å². The number of ether oxygens (including phenoxy) is 6. The first kappa shape index (κ1) is 49.0. The number of rotatable bonds is 9. The maximum absolute atomic E-state index is 15.1. The smallest absolute Gasteiger partial charge is 0.315 e. The van der Waals surface area contributed by atoms with Crippen molar-refractivity contribution in [2.45, 2.75) is 198 Å². The SMILES string of the molecule is CC1(C)CC[C@]2(C(=O)O[C@@H]3O[C@H](CO)[C@@H](O)[C@H](O)[C@H]3O[C@@H]3OC[C@](O)(CO)[C@H]3O)CC[C@]3(C)C(=CC[C@@H]4[C@@]5(C)CC[C@H](O[C@@H]6O[C@H](CO)[C@@H](O)[C@H](O)[C@H]6O)C(C)(C)[C@@H]5CC[C@]43C)[C@@H]2C1. The molecule has 5 aliphatic carbocycles. The first-order valence-electron chi connectivity index (χ1n) is 23.7. The molecule has 0 spiro atoms. The Balaban J connectivity index is 1.06. The molecule has 3 aliphatic heterocycles. The van der Waals surface area contributed by atoms with E-state index in [0.717, 1.165) is 44.9 Å². The third-order valence-corrected chi connectivity index (χ3v) is 19.0. The summed E-state index contributed by atoms with van der Waals surface area (Å²) in [6, 6.07) is 0. The van der Waals surface area contributed by atoms with Crippen LogP contribution in [0.15, 0.2) is 11.6 Å². The lowest BCUT2D eigenvalue weighted by atomic mass is 9.33. The van der Waals surface area contributed by atoms with E-state index < -0.39 is 117 Å². The summed E-state index contributed by atoms with van der Waals surface area (Å²) in [4.78, 5) is 15.1. The zero-order valence-electron chi connectivity index (χ0n) is 38.5. The summed E-state index contributed by atoms with van der Waals surface area (Å²) < 4.78 is 35.9. The summed E-state index contributed by atoms with van der Waals surface area (Å²) in [5.74, 6) is -0.180. The molecule has 17 nitrogen and oxygen atoms in total. The molecule has 7 fully saturated rings. The van der Waals surface area contributed by atoms with Gasteiger partial charge in [-0.1, -0.05) is 60.1 Å². The third kappa shape index (κ3) is 7.40. The number of aliphatic hydroxyl groups is 10. The molecule has 10 N–H and O–H groups in total. The van der Waals surface area contributed by atoms with E-state index in [9.17, 15) is 51.1 Å². The van der Waals surface area contributed by atoms with Gasteiger partial charge in [0.05, 0.1) is 37.9 Å². The molecule has 0 unspecified atom stereocenters. The number of aliphatic hydroxyl groups excluding tert-OH is 9. The lowest BCUT2D eigenvalue weighted by Gasteiger charge is -2.71. The van der Waals surface area contributed by atoms with Crippen molar-refractivity contribution < 1.29 is 84.3 Å². The Bertz CT molecular complexity index is 1760. The average molecular weight is 913 g/mol. The summed E-state index contributed by atoms with van der Waals surface area (Å²) in [5.41, 5.74) is -2.68. The van der Waals surface area contributed by atoms with E-state index in [1.165, 1.54) is 5.57 Å². The predicted molar refractivity (Wildman–Crippen MR) is 224 cm³/mol. The monoisotopic (exact) mass is 913 g/mol. The van der Waals surface area contributed by atoms with Crippen LogP contribution in [0.5, 0.6) is 0 Å². The minimum absolute atomic E-state index is 0.0903. The van der Waals surface area contributed by atoms with Gasteiger partial charge in [-0.25, -0.2) is 0 Å². The largest absolute Gasteiger partial charge is 0.432 e. The van der Waals surface area contributed by atoms with Crippen LogP contribution in [0.25, 0.3) is 0 Å². The highest BCUT2D eigenvalue weighted by molar-refractivity contribution is 5.79. The molecule has 0 aromatic carbocycles. The molecule has 8 aliphatic rings. The molecular formula is C47H76O17. The Morgan fingerprint density at radius 1 is 0.719 bits per heavy atom. The third-order valence-electron chi connectivity index (χ3n) is 19.0. The molecule has 4 saturated carbocycles. The van der Waals surface area contributed by atoms with Crippen LogP contribution in [-0.2, 0) is 33.2 Å². The van der Waals surface area contributed by atoms with Crippen LogP contribution >= 0.6 is 0 Å². The van der Waals surface area contributed by atoms with Crippen molar-refractivity contribution >= 4 is 5.97 Å². The maximum Gasteiger partial charge on any atom is 0.315 e. The first-order valence-corrected chi connectivity index (χ1v) is 23.7. The maximum atomic E-state index is 15.1. The number of hydrogen-bond donors (Lipinski definition) is 10. The molecular weight excluding hydrogens is 836 g/mol. The van der Waals surface area contributed by atoms with Gasteiger partial charge in [0.1, 0.15) is 54.4 Å². The van der Waals surface area contributed by atoms with Crippen molar-refractivity contribution in [3.05, 3.63) is 11.6 Å². The van der Waals surface area contributed by atoms with Gasteiger partial charge in [0.15, 0.2) is 18.7 Å². The second kappa shape index (κ2) is 16.9. The molecule has 8 rings (SSSR count). The predicted octanol–water partition coefficient (Wildman–Crippen LogP) is 0.781. The zero-order valence-corrected chi connectivity index (χ0v) is 38.5. The molecule has 0 amide bonds. The summed E-state index contributed by atoms with van der Waals surface area (Å²) >= 11 is 0. The van der Waals surface area contributed by atoms with Crippen LogP contribution in [0, 0.1) is 50.2 Å². The second-order valence-corrected chi connectivity index (χ2v) is 23.2.